The lowest BCUT2D eigenvalue weighted by molar-refractivity contribution is 0.651. The maximum Gasteiger partial charge on any atom is 0.336 e. The van der Waals surface area contributed by atoms with Gasteiger partial charge in [-0.3, -0.25) is 0 Å². The van der Waals surface area contributed by atoms with E-state index in [1.54, 1.807) is 0 Å². The summed E-state index contributed by atoms with van der Waals surface area (Å²) in [5.41, 5.74) is 12.5. The number of fused-ring (bicyclic) bond motifs is 18. The molecule has 0 amide bonds. The molecule has 0 N–H and O–H groups in total. The lowest BCUT2D eigenvalue weighted by Gasteiger charge is -2.33. The molecule has 0 saturated heterocycles. The van der Waals surface area contributed by atoms with Crippen LogP contribution < -0.4 is 10.9 Å². The predicted octanol–water partition coefficient (Wildman–Crippen LogP) is 10.2. The van der Waals surface area contributed by atoms with Crippen LogP contribution in [0.3, 0.4) is 0 Å². The van der Waals surface area contributed by atoms with Gasteiger partial charge in [-0.05, 0) is 40.8 Å². The van der Waals surface area contributed by atoms with Gasteiger partial charge in [-0.15, -0.1) is 22.7 Å². The van der Waals surface area contributed by atoms with Crippen LogP contribution in [0, 0.1) is 0 Å². The highest BCUT2D eigenvalue weighted by Gasteiger charge is 2.44. The summed E-state index contributed by atoms with van der Waals surface area (Å²) in [6, 6.07) is 42.7. The van der Waals surface area contributed by atoms with E-state index in [0.29, 0.717) is 0 Å². The number of nitrogens with zero attached hydrogens (tertiary/aromatic N) is 2. The van der Waals surface area contributed by atoms with E-state index in [2.05, 4.69) is 124 Å². The number of hydrogen-bond donors (Lipinski definition) is 0. The molecular weight excluding hydrogens is 599 g/mol. The van der Waals surface area contributed by atoms with E-state index in [1.165, 1.54) is 101 Å². The van der Waals surface area contributed by atoms with Crippen LogP contribution >= 0.6 is 22.7 Å². The molecule has 6 aromatic carbocycles. The van der Waals surface area contributed by atoms with Crippen molar-refractivity contribution in [1.29, 1.82) is 0 Å². The molecule has 0 fully saturated rings. The second-order valence-corrected chi connectivity index (χ2v) is 14.9. The van der Waals surface area contributed by atoms with Crippen LogP contribution in [-0.4, -0.2) is 15.9 Å². The van der Waals surface area contributed by atoms with Gasteiger partial charge >= 0.3 is 6.85 Å². The first-order chi connectivity index (χ1) is 22.8. The minimum atomic E-state index is -0.0125. The van der Waals surface area contributed by atoms with Crippen LogP contribution in [-0.2, 0) is 0 Å². The summed E-state index contributed by atoms with van der Waals surface area (Å²) in [6.07, 6.45) is 0. The number of aromatic nitrogens is 2. The topological polar surface area (TPSA) is 23.0 Å². The molecule has 2 aliphatic heterocycles. The first kappa shape index (κ1) is 23.1. The van der Waals surface area contributed by atoms with Crippen molar-refractivity contribution < 1.29 is 4.42 Å². The fourth-order valence-corrected chi connectivity index (χ4v) is 11.5. The van der Waals surface area contributed by atoms with E-state index < -0.39 is 0 Å². The standard InChI is InChI=1S/C40H19BN2OS2/c1-4-16-29-22(10-1)32-24-13-7-12-21-26-19-27-20-9-2-5-17-30(20)45-39(27)37-33(26)41(43(34(21)24)40(32)44-29)28-15-8-14-25-35(28)42(37)36-23-11-3-6-18-31(23)46-38(25)36/h1-19H. The Morgan fingerprint density at radius 2 is 1.26 bits per heavy atom. The Morgan fingerprint density at radius 1 is 0.543 bits per heavy atom. The van der Waals surface area contributed by atoms with Gasteiger partial charge < -0.3 is 13.5 Å². The van der Waals surface area contributed by atoms with Gasteiger partial charge in [-0.25, -0.2) is 0 Å². The molecule has 46 heavy (non-hydrogen) atoms. The fourth-order valence-electron chi connectivity index (χ4n) is 9.02. The quantitative estimate of drug-likeness (QED) is 0.155. The van der Waals surface area contributed by atoms with Crippen molar-refractivity contribution in [3.8, 4) is 16.8 Å². The molecule has 3 nitrogen and oxygen atoms in total. The monoisotopic (exact) mass is 618 g/mol. The Labute approximate surface area is 269 Å². The minimum absolute atomic E-state index is 0.0125. The number of para-hydroxylation sites is 3. The Hall–Kier alpha value is -5.30. The van der Waals surface area contributed by atoms with Crippen LogP contribution in [0.15, 0.2) is 120 Å². The molecule has 13 rings (SSSR count). The van der Waals surface area contributed by atoms with Gasteiger partial charge in [-0.2, -0.15) is 0 Å². The van der Waals surface area contributed by atoms with Crippen LogP contribution in [0.5, 0.6) is 0 Å². The first-order valence-corrected chi connectivity index (χ1v) is 17.4. The van der Waals surface area contributed by atoms with Gasteiger partial charge in [0.15, 0.2) is 5.71 Å². The van der Waals surface area contributed by atoms with Crippen molar-refractivity contribution in [2.75, 3.05) is 0 Å². The maximum atomic E-state index is 6.84. The summed E-state index contributed by atoms with van der Waals surface area (Å²) in [6.45, 7) is -0.0125. The zero-order chi connectivity index (χ0) is 29.4. The highest BCUT2D eigenvalue weighted by Crippen LogP contribution is 2.50. The molecule has 0 atom stereocenters. The molecule has 210 valence electrons. The minimum Gasteiger partial charge on any atom is -0.441 e. The lowest BCUT2D eigenvalue weighted by Crippen LogP contribution is -2.55. The van der Waals surface area contributed by atoms with Gasteiger partial charge in [0.25, 0.3) is 0 Å². The highest BCUT2D eigenvalue weighted by molar-refractivity contribution is 7.27. The van der Waals surface area contributed by atoms with Gasteiger partial charge in [0.05, 0.1) is 31.5 Å². The Balaban J connectivity index is 1.35. The van der Waals surface area contributed by atoms with Gasteiger partial charge in [0.2, 0.25) is 0 Å². The van der Waals surface area contributed by atoms with Crippen molar-refractivity contribution in [2.24, 2.45) is 0 Å². The predicted molar refractivity (Wildman–Crippen MR) is 198 cm³/mol. The normalized spacial score (nSPS) is 13.6. The van der Waals surface area contributed by atoms with E-state index in [9.17, 15) is 0 Å². The molecule has 6 heteroatoms. The van der Waals surface area contributed by atoms with Crippen molar-refractivity contribution >= 4 is 125 Å². The van der Waals surface area contributed by atoms with Crippen LogP contribution in [0.4, 0.5) is 0 Å². The van der Waals surface area contributed by atoms with Crippen molar-refractivity contribution in [1.82, 2.24) is 9.05 Å². The van der Waals surface area contributed by atoms with E-state index in [4.69, 9.17) is 4.42 Å². The summed E-state index contributed by atoms with van der Waals surface area (Å²) in [7, 11) is 0. The first-order valence-electron chi connectivity index (χ1n) is 15.7. The van der Waals surface area contributed by atoms with Gasteiger partial charge in [0.1, 0.15) is 5.58 Å². The molecule has 0 bridgehead atoms. The zero-order valence-electron chi connectivity index (χ0n) is 24.2. The SMILES string of the molecule is c1ccc2c(c1)oc1c2c2cccc3c2n1B1c2c-3cc3c(sc4ccccc43)c2-n2c3c1cccc3c1sc3ccccc3c12. The Bertz CT molecular complexity index is 3220. The second kappa shape index (κ2) is 7.56. The largest absolute Gasteiger partial charge is 0.441 e. The molecule has 2 aliphatic rings. The third-order valence-electron chi connectivity index (χ3n) is 10.7. The van der Waals surface area contributed by atoms with Gasteiger partial charge in [-0.1, -0.05) is 91.0 Å². The number of benzene rings is 6. The smallest absolute Gasteiger partial charge is 0.336 e. The molecule has 0 aliphatic carbocycles. The highest BCUT2D eigenvalue weighted by atomic mass is 32.1. The van der Waals surface area contributed by atoms with Crippen LogP contribution in [0.25, 0.3) is 101 Å². The summed E-state index contributed by atoms with van der Waals surface area (Å²) in [4.78, 5) is 0. The van der Waals surface area contributed by atoms with E-state index in [-0.39, 0.29) is 6.85 Å². The molecule has 0 radical (unpaired) electrons. The number of furan rings is 1. The Kier molecular flexibility index (Phi) is 3.80. The summed E-state index contributed by atoms with van der Waals surface area (Å²) in [5.74, 6) is 0. The van der Waals surface area contributed by atoms with Crippen molar-refractivity contribution in [2.45, 2.75) is 0 Å². The van der Waals surface area contributed by atoms with E-state index in [1.807, 2.05) is 22.7 Å². The summed E-state index contributed by atoms with van der Waals surface area (Å²) >= 11 is 3.86. The summed E-state index contributed by atoms with van der Waals surface area (Å²) in [5, 5.41) is 9.00. The number of thiophene rings is 2. The molecular formula is C40H19BN2OS2. The van der Waals surface area contributed by atoms with Crippen LogP contribution in [0.2, 0.25) is 0 Å². The zero-order valence-corrected chi connectivity index (χ0v) is 25.8. The number of hydrogen-bond acceptors (Lipinski definition) is 3. The number of rotatable bonds is 0. The molecule has 0 unspecified atom stereocenters. The lowest BCUT2D eigenvalue weighted by atomic mass is 9.45. The second-order valence-electron chi connectivity index (χ2n) is 12.8. The van der Waals surface area contributed by atoms with E-state index in [0.717, 1.165) is 11.3 Å². The van der Waals surface area contributed by atoms with E-state index >= 15 is 0 Å². The molecule has 0 saturated carbocycles. The van der Waals surface area contributed by atoms with Crippen molar-refractivity contribution in [3.63, 3.8) is 0 Å². The Morgan fingerprint density at radius 3 is 2.17 bits per heavy atom. The molecule has 11 aromatic rings. The van der Waals surface area contributed by atoms with Crippen LogP contribution in [0.1, 0.15) is 0 Å². The average Bonchev–Trinajstić information content (AvgIpc) is 3.89. The molecule has 5 aromatic heterocycles. The van der Waals surface area contributed by atoms with Crippen molar-refractivity contribution in [3.05, 3.63) is 115 Å². The third kappa shape index (κ3) is 2.39. The third-order valence-corrected chi connectivity index (χ3v) is 13.1. The molecule has 0 spiro atoms. The summed E-state index contributed by atoms with van der Waals surface area (Å²) < 4.78 is 17.4. The fraction of sp³-hybridized carbons (Fsp3) is 0. The average molecular weight is 619 g/mol. The van der Waals surface area contributed by atoms with Gasteiger partial charge in [0, 0.05) is 52.8 Å². The molecule has 7 heterocycles. The maximum absolute atomic E-state index is 6.84.